The quantitative estimate of drug-likeness (QED) is 0.657. The summed E-state index contributed by atoms with van der Waals surface area (Å²) in [4.78, 5) is 22.5. The minimum Gasteiger partial charge on any atom is -0.472 e. The first-order valence-corrected chi connectivity index (χ1v) is 12.7. The van der Waals surface area contributed by atoms with Crippen LogP contribution in [0.4, 0.5) is 0 Å². The molecule has 0 spiro atoms. The van der Waals surface area contributed by atoms with Gasteiger partial charge in [-0.1, -0.05) is 44.0 Å². The number of fused-ring (bicyclic) bond motifs is 1. The van der Waals surface area contributed by atoms with Crippen LogP contribution in [0.2, 0.25) is 0 Å². The predicted octanol–water partition coefficient (Wildman–Crippen LogP) is 4.40. The lowest BCUT2D eigenvalue weighted by Crippen LogP contribution is -2.50. The molecule has 0 unspecified atom stereocenters. The van der Waals surface area contributed by atoms with Gasteiger partial charge in [-0.3, -0.25) is 4.79 Å². The summed E-state index contributed by atoms with van der Waals surface area (Å²) in [5.74, 6) is 1.13. The number of aromatic nitrogens is 1. The zero-order valence-corrected chi connectivity index (χ0v) is 21.0. The number of carbonyl (C=O) groups excluding carboxylic acids is 1. The Morgan fingerprint density at radius 3 is 2.65 bits per heavy atom. The predicted molar refractivity (Wildman–Crippen MR) is 135 cm³/mol. The molecule has 34 heavy (non-hydrogen) atoms. The number of aliphatic hydroxyl groups is 1. The molecule has 3 atom stereocenters. The smallest absolute Gasteiger partial charge is 0.259 e. The summed E-state index contributed by atoms with van der Waals surface area (Å²) in [6.07, 6.45) is 7.02. The lowest BCUT2D eigenvalue weighted by molar-refractivity contribution is 0.0320. The number of nitrogens with zero attached hydrogens (tertiary/aromatic N) is 3. The van der Waals surface area contributed by atoms with Crippen molar-refractivity contribution >= 4 is 5.91 Å². The highest BCUT2D eigenvalue weighted by Crippen LogP contribution is 2.32. The minimum absolute atomic E-state index is 0.0776. The average molecular weight is 466 g/mol. The molecule has 6 heteroatoms. The largest absolute Gasteiger partial charge is 0.472 e. The van der Waals surface area contributed by atoms with Crippen LogP contribution in [0.1, 0.15) is 55.5 Å². The summed E-state index contributed by atoms with van der Waals surface area (Å²) in [5.41, 5.74) is 3.55. The van der Waals surface area contributed by atoms with Gasteiger partial charge in [0.05, 0.1) is 12.6 Å². The van der Waals surface area contributed by atoms with Crippen molar-refractivity contribution in [3.63, 3.8) is 0 Å². The summed E-state index contributed by atoms with van der Waals surface area (Å²) >= 11 is 0. The lowest BCUT2D eigenvalue weighted by atomic mass is 9.97. The number of amides is 1. The molecule has 4 rings (SSSR count). The topological polar surface area (TPSA) is 65.9 Å². The van der Waals surface area contributed by atoms with Crippen molar-refractivity contribution in [2.24, 2.45) is 11.8 Å². The molecule has 2 heterocycles. The molecular formula is C28H39N3O3. The Kier molecular flexibility index (Phi) is 7.89. The minimum atomic E-state index is -0.278. The number of hydrogen-bond acceptors (Lipinski definition) is 5. The molecule has 1 saturated carbocycles. The highest BCUT2D eigenvalue weighted by molar-refractivity contribution is 5.98. The van der Waals surface area contributed by atoms with Gasteiger partial charge < -0.3 is 19.6 Å². The Labute approximate surface area is 203 Å². The van der Waals surface area contributed by atoms with Gasteiger partial charge in [-0.25, -0.2) is 4.98 Å². The van der Waals surface area contributed by atoms with Gasteiger partial charge in [0.1, 0.15) is 11.7 Å². The van der Waals surface area contributed by atoms with E-state index in [1.807, 2.05) is 31.2 Å². The first-order chi connectivity index (χ1) is 16.4. The maximum atomic E-state index is 13.6. The van der Waals surface area contributed by atoms with E-state index in [1.165, 1.54) is 25.7 Å². The number of pyridine rings is 1. The second kappa shape index (κ2) is 10.9. The summed E-state index contributed by atoms with van der Waals surface area (Å²) < 4.78 is 6.47. The van der Waals surface area contributed by atoms with Gasteiger partial charge in [0.15, 0.2) is 0 Å². The van der Waals surface area contributed by atoms with Gasteiger partial charge in [0, 0.05) is 37.3 Å². The van der Waals surface area contributed by atoms with Crippen molar-refractivity contribution in [1.29, 1.82) is 0 Å². The van der Waals surface area contributed by atoms with Crippen LogP contribution in [0.5, 0.6) is 5.88 Å². The van der Waals surface area contributed by atoms with E-state index in [2.05, 4.69) is 36.8 Å². The van der Waals surface area contributed by atoms with E-state index >= 15 is 0 Å². The molecule has 1 fully saturated rings. The summed E-state index contributed by atoms with van der Waals surface area (Å²) in [6.45, 7) is 8.41. The summed E-state index contributed by atoms with van der Waals surface area (Å²) in [7, 11) is 2.17. The molecule has 1 amide bonds. The number of aliphatic hydroxyl groups excluding tert-OH is 1. The third kappa shape index (κ3) is 5.44. The van der Waals surface area contributed by atoms with E-state index in [-0.39, 0.29) is 30.6 Å². The SMILES string of the molecule is Cc1ccccc1-c1cnc2c(c1)C(=O)N([C@@H](C)CO)C[C@H](C)[C@@H](CN(C)CC1CCCC1)O2. The highest BCUT2D eigenvalue weighted by atomic mass is 16.5. The second-order valence-electron chi connectivity index (χ2n) is 10.4. The van der Waals surface area contributed by atoms with Crippen LogP contribution in [0.15, 0.2) is 36.5 Å². The molecule has 184 valence electrons. The number of carbonyl (C=O) groups is 1. The molecule has 1 aromatic heterocycles. The van der Waals surface area contributed by atoms with Crippen LogP contribution in [0.3, 0.4) is 0 Å². The zero-order valence-electron chi connectivity index (χ0n) is 21.0. The number of rotatable bonds is 7. The van der Waals surface area contributed by atoms with Crippen molar-refractivity contribution in [2.45, 2.75) is 58.6 Å². The fraction of sp³-hybridized carbons (Fsp3) is 0.571. The molecule has 1 aromatic carbocycles. The second-order valence-corrected chi connectivity index (χ2v) is 10.4. The number of likely N-dealkylation sites (N-methyl/N-ethyl adjacent to an activating group) is 1. The van der Waals surface area contributed by atoms with Crippen LogP contribution >= 0.6 is 0 Å². The Bertz CT molecular complexity index is 989. The maximum Gasteiger partial charge on any atom is 0.259 e. The first kappa shape index (κ1) is 24.7. The van der Waals surface area contributed by atoms with E-state index in [0.29, 0.717) is 18.0 Å². The van der Waals surface area contributed by atoms with Crippen molar-refractivity contribution in [3.8, 4) is 17.0 Å². The van der Waals surface area contributed by atoms with E-state index in [1.54, 1.807) is 11.1 Å². The number of aryl methyl sites for hydroxylation is 1. The molecule has 0 radical (unpaired) electrons. The highest BCUT2D eigenvalue weighted by Gasteiger charge is 2.34. The molecule has 0 saturated heterocycles. The van der Waals surface area contributed by atoms with Crippen molar-refractivity contribution in [2.75, 3.05) is 33.3 Å². The van der Waals surface area contributed by atoms with Crippen LogP contribution < -0.4 is 4.74 Å². The molecule has 2 aromatic rings. The van der Waals surface area contributed by atoms with Crippen LogP contribution in [-0.2, 0) is 0 Å². The third-order valence-electron chi connectivity index (χ3n) is 7.51. The molecule has 1 N–H and O–H groups in total. The van der Waals surface area contributed by atoms with E-state index in [0.717, 1.165) is 35.7 Å². The van der Waals surface area contributed by atoms with Crippen molar-refractivity contribution < 1.29 is 14.6 Å². The zero-order chi connectivity index (χ0) is 24.2. The Morgan fingerprint density at radius 2 is 1.94 bits per heavy atom. The van der Waals surface area contributed by atoms with Gasteiger partial charge in [-0.2, -0.15) is 0 Å². The van der Waals surface area contributed by atoms with Crippen molar-refractivity contribution in [3.05, 3.63) is 47.7 Å². The first-order valence-electron chi connectivity index (χ1n) is 12.7. The normalized spacial score (nSPS) is 22.3. The van der Waals surface area contributed by atoms with E-state index < -0.39 is 0 Å². The van der Waals surface area contributed by atoms with Crippen LogP contribution in [-0.4, -0.2) is 71.2 Å². The monoisotopic (exact) mass is 465 g/mol. The fourth-order valence-corrected chi connectivity index (χ4v) is 5.38. The van der Waals surface area contributed by atoms with Crippen molar-refractivity contribution in [1.82, 2.24) is 14.8 Å². The average Bonchev–Trinajstić information content (AvgIpc) is 3.34. The third-order valence-corrected chi connectivity index (χ3v) is 7.51. The lowest BCUT2D eigenvalue weighted by Gasteiger charge is -2.38. The maximum absolute atomic E-state index is 13.6. The van der Waals surface area contributed by atoms with Gasteiger partial charge in [0.2, 0.25) is 5.88 Å². The number of hydrogen-bond donors (Lipinski definition) is 1. The standard InChI is InChI=1S/C28H39N3O3/c1-19-9-5-8-12-24(19)23-13-25-27(29-14-23)34-26(17-30(4)16-22-10-6-7-11-22)20(2)15-31(28(25)33)21(3)18-32/h5,8-9,12-14,20-22,26,32H,6-7,10-11,15-18H2,1-4H3/t20-,21-,26+/m0/s1. The molecule has 0 bridgehead atoms. The Hall–Kier alpha value is -2.44. The molecule has 6 nitrogen and oxygen atoms in total. The molecule has 2 aliphatic rings. The fourth-order valence-electron chi connectivity index (χ4n) is 5.38. The van der Waals surface area contributed by atoms with Gasteiger partial charge in [-0.05, 0) is 56.8 Å². The molecule has 1 aliphatic heterocycles. The molecular weight excluding hydrogens is 426 g/mol. The number of benzene rings is 1. The van der Waals surface area contributed by atoms with Crippen LogP contribution in [0.25, 0.3) is 11.1 Å². The summed E-state index contributed by atoms with van der Waals surface area (Å²) in [5, 5.41) is 9.89. The van der Waals surface area contributed by atoms with E-state index in [4.69, 9.17) is 4.74 Å². The van der Waals surface area contributed by atoms with E-state index in [9.17, 15) is 9.90 Å². The van der Waals surface area contributed by atoms with Crippen LogP contribution in [0, 0.1) is 18.8 Å². The van der Waals surface area contributed by atoms with Gasteiger partial charge in [-0.15, -0.1) is 0 Å². The Balaban J connectivity index is 1.66. The van der Waals surface area contributed by atoms with Gasteiger partial charge in [0.25, 0.3) is 5.91 Å². The number of ether oxygens (including phenoxy) is 1. The Morgan fingerprint density at radius 1 is 1.21 bits per heavy atom. The summed E-state index contributed by atoms with van der Waals surface area (Å²) in [6, 6.07) is 9.73. The van der Waals surface area contributed by atoms with Gasteiger partial charge >= 0.3 is 0 Å². The molecule has 1 aliphatic carbocycles.